The van der Waals surface area contributed by atoms with Gasteiger partial charge in [-0.15, -0.1) is 0 Å². The van der Waals surface area contributed by atoms with Crippen LogP contribution >= 0.6 is 0 Å². The molecule has 1 saturated heterocycles. The van der Waals surface area contributed by atoms with Crippen LogP contribution in [0.3, 0.4) is 0 Å². The molecule has 0 amide bonds. The molecule has 0 aromatic carbocycles. The molecule has 9 heterocycles. The van der Waals surface area contributed by atoms with E-state index in [-0.39, 0.29) is 47.9 Å². The van der Waals surface area contributed by atoms with Gasteiger partial charge in [0.25, 0.3) is 0 Å². The first-order chi connectivity index (χ1) is 36.2. The smallest absolute Gasteiger partial charge is 0.459 e. The van der Waals surface area contributed by atoms with Gasteiger partial charge < -0.3 is 85.3 Å². The largest absolute Gasteiger partial charge is 0.870 e. The highest BCUT2D eigenvalue weighted by atomic mass is 16.8. The Balaban J connectivity index is 0.888. The summed E-state index contributed by atoms with van der Waals surface area (Å²) in [5.41, 5.74) is -2.54. The lowest BCUT2D eigenvalue weighted by molar-refractivity contribution is -0.145. The van der Waals surface area contributed by atoms with Gasteiger partial charge in [-0.05, 0) is 20.8 Å². The highest BCUT2D eigenvalue weighted by Crippen LogP contribution is 2.37. The number of carbonyl (C=O) groups excluding carboxylic acids is 12. The Bertz CT molecular complexity index is 3030. The monoisotopic (exact) mass is 1050 g/mol. The zero-order valence-corrected chi connectivity index (χ0v) is 40.3. The molecule has 0 aromatic heterocycles. The van der Waals surface area contributed by atoms with Gasteiger partial charge in [0.05, 0.1) is 50.5 Å². The summed E-state index contributed by atoms with van der Waals surface area (Å²) < 4.78 is 61.3. The van der Waals surface area contributed by atoms with Crippen LogP contribution in [0.5, 0.6) is 0 Å². The molecular formula is C42H36B4N6O24. The van der Waals surface area contributed by atoms with Gasteiger partial charge in [0.15, 0.2) is 0 Å². The summed E-state index contributed by atoms with van der Waals surface area (Å²) in [7, 11) is -4.85. The van der Waals surface area contributed by atoms with E-state index in [9.17, 15) is 57.5 Å². The van der Waals surface area contributed by atoms with Gasteiger partial charge in [-0.25, -0.2) is 57.5 Å². The first-order valence-corrected chi connectivity index (χ1v) is 22.6. The van der Waals surface area contributed by atoms with Crippen LogP contribution < -0.4 is 0 Å². The highest BCUT2D eigenvalue weighted by Gasteiger charge is 2.52. The number of hydrogen-bond acceptors (Lipinski definition) is 30. The third-order valence-electron chi connectivity index (χ3n) is 12.3. The van der Waals surface area contributed by atoms with Gasteiger partial charge in [0.2, 0.25) is 0 Å². The molecule has 76 heavy (non-hydrogen) atoms. The van der Waals surface area contributed by atoms with Crippen LogP contribution in [0, 0.1) is 0 Å². The number of rotatable bonds is 9. The van der Waals surface area contributed by atoms with Crippen LogP contribution in [0.1, 0.15) is 20.8 Å². The predicted octanol–water partition coefficient (Wildman–Crippen LogP) is -3.61. The Labute approximate surface area is 428 Å². The van der Waals surface area contributed by atoms with Crippen molar-refractivity contribution in [2.24, 2.45) is 0 Å². The molecule has 0 saturated carbocycles. The minimum Gasteiger partial charge on any atom is -0.459 e. The zero-order valence-electron chi connectivity index (χ0n) is 40.3. The minimum atomic E-state index is -2.39. The summed E-state index contributed by atoms with van der Waals surface area (Å²) >= 11 is 0. The van der Waals surface area contributed by atoms with E-state index < -0.39 is 142 Å². The SMILES string of the molecule is CCN1C=C(C2=CC(=O)OB(OC(=O)/C3=C/C(=O)OB4OC(=O)C=C(C(=O)O4)C4=CN(CC)C3N4C)OC2=O)N(C)C1C1=CC(=O)OB(OC(=O)C=C2C(=O)OB3OC(=O)C=C(C(=O)O3)C3N(CC)C=C2N3C)OC1=O. The van der Waals surface area contributed by atoms with Crippen molar-refractivity contribution in [3.05, 3.63) is 106 Å². The fourth-order valence-corrected chi connectivity index (χ4v) is 8.90. The lowest BCUT2D eigenvalue weighted by Gasteiger charge is -2.32. The van der Waals surface area contributed by atoms with Gasteiger partial charge in [0, 0.05) is 95.8 Å². The van der Waals surface area contributed by atoms with Gasteiger partial charge in [-0.1, -0.05) is 0 Å². The fraction of sp³-hybridized carbons (Fsp3) is 0.286. The van der Waals surface area contributed by atoms with Crippen molar-refractivity contribution in [1.29, 1.82) is 0 Å². The molecular weight excluding hydrogens is 1020 g/mol. The Morgan fingerprint density at radius 3 is 1.45 bits per heavy atom. The second-order valence-electron chi connectivity index (χ2n) is 16.7. The van der Waals surface area contributed by atoms with Gasteiger partial charge >= 0.3 is 101 Å². The molecule has 30 nitrogen and oxygen atoms in total. The molecule has 390 valence electrons. The number of nitrogens with zero attached hydrogens (tertiary/aromatic N) is 6. The number of fused-ring (bicyclic) bond motifs is 12. The van der Waals surface area contributed by atoms with Crippen LogP contribution in [0.4, 0.5) is 0 Å². The lowest BCUT2D eigenvalue weighted by atomic mass is 10.1. The van der Waals surface area contributed by atoms with Crippen molar-refractivity contribution in [2.75, 3.05) is 40.8 Å². The summed E-state index contributed by atoms with van der Waals surface area (Å²) in [6.07, 6.45) is 4.90. The van der Waals surface area contributed by atoms with Crippen molar-refractivity contribution in [2.45, 2.75) is 39.3 Å². The predicted molar refractivity (Wildman–Crippen MR) is 241 cm³/mol. The number of hydrogen-bond donors (Lipinski definition) is 0. The molecule has 0 aliphatic carbocycles. The van der Waals surface area contributed by atoms with E-state index in [0.717, 1.165) is 18.2 Å². The van der Waals surface area contributed by atoms with Crippen LogP contribution in [-0.4, -0.2) is 190 Å². The van der Waals surface area contributed by atoms with Crippen LogP contribution in [0.2, 0.25) is 0 Å². The van der Waals surface area contributed by atoms with Crippen LogP contribution in [-0.2, 0) is 113 Å². The lowest BCUT2D eigenvalue weighted by Crippen LogP contribution is -2.44. The summed E-state index contributed by atoms with van der Waals surface area (Å²) in [5, 5.41) is 0. The second-order valence-corrected chi connectivity index (χ2v) is 16.7. The van der Waals surface area contributed by atoms with Crippen molar-refractivity contribution < 1.29 is 113 Å². The zero-order chi connectivity index (χ0) is 54.6. The summed E-state index contributed by atoms with van der Waals surface area (Å²) in [5.74, 6) is -14.9. The Morgan fingerprint density at radius 2 is 0.868 bits per heavy atom. The maximum absolute atomic E-state index is 14.0. The maximum Gasteiger partial charge on any atom is 0.870 e. The molecule has 3 unspecified atom stereocenters. The van der Waals surface area contributed by atoms with E-state index in [0.29, 0.717) is 18.2 Å². The highest BCUT2D eigenvalue weighted by molar-refractivity contribution is 6.49. The molecule has 34 heteroatoms. The molecule has 0 N–H and O–H groups in total. The second kappa shape index (κ2) is 20.0. The summed E-state index contributed by atoms with van der Waals surface area (Å²) in [6.45, 7) is 5.39. The summed E-state index contributed by atoms with van der Waals surface area (Å²) in [4.78, 5) is 168. The molecule has 8 bridgehead atoms. The Hall–Kier alpha value is -9.64. The standard InChI is InChI=1S/C42H36B4N6O24/c1-7-50-18-27(21-12-30(55)69-45(72-39(21)61)75-41(63)23-14-31(56)67-43-65-28(53)10-19(37(59)71-43)25-16-51(8-2)35(23)47(25)4)48(5)34(50)22-13-32(57)68-44(74-40(22)62)66-29(54)11-20-26-17-52(9-3)36(49(26)6)24-15-33(58)70-46(73-38(20)60)76-42(24)64/h10-18,34-36H,7-9H2,1-6H3/b20-11?,23-14+. The van der Waals surface area contributed by atoms with Crippen molar-refractivity contribution in [3.63, 3.8) is 0 Å². The van der Waals surface area contributed by atoms with E-state index in [2.05, 4.69) is 0 Å². The average molecular weight is 1050 g/mol. The fourth-order valence-electron chi connectivity index (χ4n) is 8.90. The van der Waals surface area contributed by atoms with E-state index in [1.54, 1.807) is 25.7 Å². The van der Waals surface area contributed by atoms with E-state index in [4.69, 9.17) is 55.9 Å². The molecule has 0 radical (unpaired) electrons. The third-order valence-corrected chi connectivity index (χ3v) is 12.3. The first kappa shape index (κ1) is 51.3. The van der Waals surface area contributed by atoms with Crippen molar-refractivity contribution >= 4 is 101 Å². The van der Waals surface area contributed by atoms with Gasteiger partial charge in [-0.3, -0.25) is 0 Å². The minimum absolute atomic E-state index is 0.00149. The number of carbonyl (C=O) groups is 12. The number of likely N-dealkylation sites (N-methyl/N-ethyl adjacent to an activating group) is 6. The quantitative estimate of drug-likeness (QED) is 0.159. The molecule has 9 aliphatic heterocycles. The van der Waals surface area contributed by atoms with Gasteiger partial charge in [0.1, 0.15) is 18.5 Å². The topological polar surface area (TPSA) is 335 Å². The van der Waals surface area contributed by atoms with Crippen molar-refractivity contribution in [3.8, 4) is 0 Å². The molecule has 1 fully saturated rings. The van der Waals surface area contributed by atoms with Crippen LogP contribution in [0.25, 0.3) is 0 Å². The third kappa shape index (κ3) is 9.56. The van der Waals surface area contributed by atoms with Crippen molar-refractivity contribution in [1.82, 2.24) is 29.4 Å². The van der Waals surface area contributed by atoms with E-state index >= 15 is 0 Å². The van der Waals surface area contributed by atoms with Gasteiger partial charge in [-0.2, -0.15) is 0 Å². The normalized spacial score (nSPS) is 24.9. The molecule has 0 aromatic rings. The molecule has 3 atom stereocenters. The molecule has 9 rings (SSSR count). The Morgan fingerprint density at radius 1 is 0.474 bits per heavy atom. The maximum atomic E-state index is 14.0. The van der Waals surface area contributed by atoms with Crippen LogP contribution in [0.15, 0.2) is 106 Å². The van der Waals surface area contributed by atoms with E-state index in [1.165, 1.54) is 64.2 Å². The molecule has 0 spiro atoms. The van der Waals surface area contributed by atoms with E-state index in [1.807, 2.05) is 0 Å². The molecule has 9 aliphatic rings. The Kier molecular flexibility index (Phi) is 13.5. The first-order valence-electron chi connectivity index (χ1n) is 22.6. The summed E-state index contributed by atoms with van der Waals surface area (Å²) in [6, 6.07) is 0. The average Bonchev–Trinajstić information content (AvgIpc) is 3.84.